The molecule has 0 nitrogen and oxygen atoms in total. The van der Waals surface area contributed by atoms with E-state index < -0.39 is 0 Å². The van der Waals surface area contributed by atoms with Crippen molar-refractivity contribution in [1.82, 2.24) is 0 Å². The molecule has 13 heavy (non-hydrogen) atoms. The Kier molecular flexibility index (Phi) is 5.23. The van der Waals surface area contributed by atoms with Crippen molar-refractivity contribution in [3.8, 4) is 0 Å². The normalized spacial score (nSPS) is 16.5. The topological polar surface area (TPSA) is 0 Å². The zero-order chi connectivity index (χ0) is 9.68. The minimum absolute atomic E-state index is 1.26. The van der Waals surface area contributed by atoms with Gasteiger partial charge in [0.05, 0.1) is 0 Å². The van der Waals surface area contributed by atoms with Crippen LogP contribution in [-0.2, 0) is 24.4 Å². The Morgan fingerprint density at radius 3 is 2.62 bits per heavy atom. The monoisotopic (exact) mass is 343 g/mol. The summed E-state index contributed by atoms with van der Waals surface area (Å²) >= 11 is 1.26. The van der Waals surface area contributed by atoms with Crippen LogP contribution >= 0.6 is 0 Å². The number of allylic oxidation sites excluding steroid dienone is 4. The van der Waals surface area contributed by atoms with Gasteiger partial charge in [0, 0.05) is 0 Å². The molecule has 0 bridgehead atoms. The molecule has 1 rings (SSSR count). The van der Waals surface area contributed by atoms with Crippen LogP contribution in [0.5, 0.6) is 0 Å². The molecule has 0 spiro atoms. The quantitative estimate of drug-likeness (QED) is 0.660. The van der Waals surface area contributed by atoms with E-state index in [9.17, 15) is 0 Å². The summed E-state index contributed by atoms with van der Waals surface area (Å²) in [6.45, 7) is 4.56. The first-order valence-electron chi connectivity index (χ1n) is 5.42. The van der Waals surface area contributed by atoms with Gasteiger partial charge in [0.15, 0.2) is 0 Å². The molecular formula is C12H19Hf. The molecule has 1 aliphatic rings. The molecule has 0 aromatic carbocycles. The Morgan fingerprint density at radius 2 is 2.00 bits per heavy atom. The molecule has 0 aromatic rings. The fourth-order valence-electron chi connectivity index (χ4n) is 1.80. The fraction of sp³-hybridized carbons (Fsp3) is 0.667. The summed E-state index contributed by atoms with van der Waals surface area (Å²) in [5, 5.41) is 0. The Bertz CT molecular complexity index is 223. The molecule has 0 amide bonds. The van der Waals surface area contributed by atoms with Gasteiger partial charge in [0.25, 0.3) is 0 Å². The van der Waals surface area contributed by atoms with E-state index in [4.69, 9.17) is 0 Å². The van der Waals surface area contributed by atoms with Gasteiger partial charge in [0.1, 0.15) is 0 Å². The van der Waals surface area contributed by atoms with Crippen LogP contribution in [0.2, 0.25) is 0 Å². The first-order valence-corrected chi connectivity index (χ1v) is 7.22. The van der Waals surface area contributed by atoms with Crippen molar-refractivity contribution in [2.24, 2.45) is 0 Å². The van der Waals surface area contributed by atoms with E-state index in [1.54, 1.807) is 14.5 Å². The summed E-state index contributed by atoms with van der Waals surface area (Å²) in [4.78, 5) is 0. The SMILES string of the molecule is CCCCC1=CCC(CCC)=[C]1[Hf]. The Balaban J connectivity index is 2.49. The van der Waals surface area contributed by atoms with Gasteiger partial charge in [-0.15, -0.1) is 0 Å². The molecule has 0 aromatic heterocycles. The summed E-state index contributed by atoms with van der Waals surface area (Å²) in [5.41, 5.74) is 3.44. The first kappa shape index (κ1) is 11.4. The summed E-state index contributed by atoms with van der Waals surface area (Å²) in [6.07, 6.45) is 10.4. The number of hydrogen-bond acceptors (Lipinski definition) is 0. The van der Waals surface area contributed by atoms with Crippen molar-refractivity contribution >= 4 is 0 Å². The van der Waals surface area contributed by atoms with Crippen LogP contribution in [-0.4, -0.2) is 0 Å². The second-order valence-electron chi connectivity index (χ2n) is 3.77. The molecule has 1 heteroatoms. The van der Waals surface area contributed by atoms with Crippen molar-refractivity contribution < 1.29 is 24.4 Å². The summed E-state index contributed by atoms with van der Waals surface area (Å²) in [5.74, 6) is 0. The van der Waals surface area contributed by atoms with Crippen molar-refractivity contribution in [3.05, 3.63) is 20.6 Å². The Labute approximate surface area is 97.1 Å². The maximum absolute atomic E-state index is 2.48. The van der Waals surface area contributed by atoms with Crippen LogP contribution in [0.3, 0.4) is 0 Å². The predicted molar refractivity (Wildman–Crippen MR) is 54.2 cm³/mol. The van der Waals surface area contributed by atoms with E-state index in [-0.39, 0.29) is 0 Å². The van der Waals surface area contributed by atoms with Crippen LogP contribution in [0.15, 0.2) is 20.6 Å². The van der Waals surface area contributed by atoms with Crippen molar-refractivity contribution in [1.29, 1.82) is 0 Å². The van der Waals surface area contributed by atoms with Gasteiger partial charge in [-0.3, -0.25) is 0 Å². The van der Waals surface area contributed by atoms with Gasteiger partial charge < -0.3 is 0 Å². The number of unbranched alkanes of at least 4 members (excludes halogenated alkanes) is 1. The van der Waals surface area contributed by atoms with Crippen LogP contribution in [0.4, 0.5) is 0 Å². The van der Waals surface area contributed by atoms with Crippen LogP contribution in [0.1, 0.15) is 52.4 Å². The molecule has 0 aliphatic heterocycles. The van der Waals surface area contributed by atoms with E-state index in [1.807, 2.05) is 0 Å². The van der Waals surface area contributed by atoms with Gasteiger partial charge in [-0.05, 0) is 0 Å². The van der Waals surface area contributed by atoms with Crippen LogP contribution < -0.4 is 0 Å². The molecule has 71 valence electrons. The van der Waals surface area contributed by atoms with E-state index in [2.05, 4.69) is 19.9 Å². The predicted octanol–water partition coefficient (Wildman–Crippen LogP) is 4.11. The summed E-state index contributed by atoms with van der Waals surface area (Å²) < 4.78 is 1.75. The van der Waals surface area contributed by atoms with Crippen molar-refractivity contribution in [3.63, 3.8) is 0 Å². The fourth-order valence-corrected chi connectivity index (χ4v) is 3.43. The zero-order valence-corrected chi connectivity index (χ0v) is 12.4. The zero-order valence-electron chi connectivity index (χ0n) is 8.82. The molecule has 0 radical (unpaired) electrons. The number of rotatable bonds is 5. The molecule has 0 unspecified atom stereocenters. The van der Waals surface area contributed by atoms with Gasteiger partial charge in [-0.1, -0.05) is 0 Å². The molecular weight excluding hydrogens is 323 g/mol. The standard InChI is InChI=1S/C12H19.Hf/c1-3-5-7-12-9-8-11(10-12)6-4-2;/h9H,3-8H2,1-2H3;. The second-order valence-corrected chi connectivity index (χ2v) is 5.56. The van der Waals surface area contributed by atoms with E-state index >= 15 is 0 Å². The summed E-state index contributed by atoms with van der Waals surface area (Å²) in [7, 11) is 0. The van der Waals surface area contributed by atoms with Crippen molar-refractivity contribution in [2.45, 2.75) is 52.4 Å². The van der Waals surface area contributed by atoms with E-state index in [0.717, 1.165) is 0 Å². The first-order chi connectivity index (χ1) is 6.29. The average molecular weight is 342 g/mol. The molecule has 1 aliphatic carbocycles. The Morgan fingerprint density at radius 1 is 1.23 bits per heavy atom. The third-order valence-corrected chi connectivity index (χ3v) is 5.04. The number of hydrogen-bond donors (Lipinski definition) is 0. The van der Waals surface area contributed by atoms with Crippen molar-refractivity contribution in [2.75, 3.05) is 0 Å². The van der Waals surface area contributed by atoms with Gasteiger partial charge in [-0.25, -0.2) is 0 Å². The minimum atomic E-state index is 1.26. The van der Waals surface area contributed by atoms with Gasteiger partial charge in [-0.2, -0.15) is 0 Å². The van der Waals surface area contributed by atoms with Gasteiger partial charge in [0.2, 0.25) is 0 Å². The van der Waals surface area contributed by atoms with E-state index in [1.165, 1.54) is 62.9 Å². The molecule has 0 saturated carbocycles. The van der Waals surface area contributed by atoms with Gasteiger partial charge >= 0.3 is 97.3 Å². The maximum atomic E-state index is 2.48. The molecule has 0 N–H and O–H groups in total. The molecule has 0 heterocycles. The third-order valence-electron chi connectivity index (χ3n) is 2.62. The van der Waals surface area contributed by atoms with E-state index in [0.29, 0.717) is 0 Å². The molecule has 0 atom stereocenters. The average Bonchev–Trinajstić information content (AvgIpc) is 2.46. The molecule has 0 fully saturated rings. The summed E-state index contributed by atoms with van der Waals surface area (Å²) in [6, 6.07) is 0. The van der Waals surface area contributed by atoms with Crippen LogP contribution in [0, 0.1) is 0 Å². The third kappa shape index (κ3) is 3.19. The Hall–Kier alpha value is 0.350. The van der Waals surface area contributed by atoms with Crippen LogP contribution in [0.25, 0.3) is 0 Å². The second kappa shape index (κ2) is 5.95. The molecule has 0 saturated heterocycles.